The van der Waals surface area contributed by atoms with Crippen molar-refractivity contribution < 1.29 is 24.5 Å². The third kappa shape index (κ3) is 2.60. The van der Waals surface area contributed by atoms with Gasteiger partial charge < -0.3 is 14.9 Å². The molecular formula is C12H18O5. The zero-order chi connectivity index (χ0) is 13.1. The van der Waals surface area contributed by atoms with Crippen LogP contribution in [0.1, 0.15) is 39.0 Å². The van der Waals surface area contributed by atoms with E-state index < -0.39 is 23.5 Å². The van der Waals surface area contributed by atoms with E-state index in [4.69, 9.17) is 9.84 Å². The van der Waals surface area contributed by atoms with Gasteiger partial charge in [-0.3, -0.25) is 4.79 Å². The van der Waals surface area contributed by atoms with Gasteiger partial charge in [0.05, 0.1) is 5.76 Å². The number of hydrogen-bond donors (Lipinski definition) is 2. The molecule has 0 radical (unpaired) electrons. The lowest BCUT2D eigenvalue weighted by Gasteiger charge is -2.38. The quantitative estimate of drug-likeness (QED) is 0.720. The molecule has 1 fully saturated rings. The van der Waals surface area contributed by atoms with Crippen LogP contribution in [0.15, 0.2) is 12.3 Å². The van der Waals surface area contributed by atoms with E-state index in [0.717, 1.165) is 0 Å². The Morgan fingerprint density at radius 2 is 2.06 bits per heavy atom. The second kappa shape index (κ2) is 5.21. The van der Waals surface area contributed by atoms with Gasteiger partial charge in [0.2, 0.25) is 5.60 Å². The first-order valence-electron chi connectivity index (χ1n) is 5.77. The van der Waals surface area contributed by atoms with E-state index in [1.54, 1.807) is 6.92 Å². The van der Waals surface area contributed by atoms with E-state index >= 15 is 0 Å². The van der Waals surface area contributed by atoms with E-state index in [1.807, 2.05) is 0 Å². The Bertz CT molecular complexity index is 336. The summed E-state index contributed by atoms with van der Waals surface area (Å²) in [6.07, 6.45) is 2.40. The number of aliphatic carboxylic acids is 2. The lowest BCUT2D eigenvalue weighted by Crippen LogP contribution is -2.53. The molecule has 0 aliphatic heterocycles. The van der Waals surface area contributed by atoms with Gasteiger partial charge in [-0.15, -0.1) is 0 Å². The van der Waals surface area contributed by atoms with Crippen LogP contribution in [0.3, 0.4) is 0 Å². The molecule has 1 rings (SSSR count). The SMILES string of the molecule is C=C(CC)OC1(C(=O)O)CCCCC1C(=O)O. The fourth-order valence-corrected chi connectivity index (χ4v) is 2.22. The summed E-state index contributed by atoms with van der Waals surface area (Å²) in [5.41, 5.74) is -1.64. The minimum absolute atomic E-state index is 0.221. The van der Waals surface area contributed by atoms with Crippen molar-refractivity contribution >= 4 is 11.9 Å². The number of ether oxygens (including phenoxy) is 1. The van der Waals surface area contributed by atoms with Gasteiger partial charge in [-0.05, 0) is 19.3 Å². The Morgan fingerprint density at radius 1 is 1.41 bits per heavy atom. The van der Waals surface area contributed by atoms with Gasteiger partial charge in [0, 0.05) is 6.42 Å². The smallest absolute Gasteiger partial charge is 0.348 e. The highest BCUT2D eigenvalue weighted by molar-refractivity contribution is 5.86. The molecule has 1 saturated carbocycles. The lowest BCUT2D eigenvalue weighted by molar-refractivity contribution is -0.182. The van der Waals surface area contributed by atoms with Crippen molar-refractivity contribution in [1.29, 1.82) is 0 Å². The molecule has 96 valence electrons. The maximum absolute atomic E-state index is 11.4. The molecule has 0 aromatic rings. The zero-order valence-corrected chi connectivity index (χ0v) is 9.94. The zero-order valence-electron chi connectivity index (χ0n) is 9.94. The normalized spacial score (nSPS) is 28.4. The molecule has 2 atom stereocenters. The van der Waals surface area contributed by atoms with Gasteiger partial charge in [-0.1, -0.05) is 19.9 Å². The maximum Gasteiger partial charge on any atom is 0.348 e. The summed E-state index contributed by atoms with van der Waals surface area (Å²) in [5, 5.41) is 18.5. The Labute approximate surface area is 100 Å². The summed E-state index contributed by atoms with van der Waals surface area (Å²) < 4.78 is 5.39. The first-order chi connectivity index (χ1) is 7.94. The molecule has 0 aromatic carbocycles. The van der Waals surface area contributed by atoms with Crippen LogP contribution in [0.25, 0.3) is 0 Å². The second-order valence-electron chi connectivity index (χ2n) is 4.33. The molecule has 2 unspecified atom stereocenters. The number of carboxylic acid groups (broad SMARTS) is 2. The molecule has 0 amide bonds. The van der Waals surface area contributed by atoms with Gasteiger partial charge in [0.25, 0.3) is 0 Å². The Balaban J connectivity index is 3.05. The van der Waals surface area contributed by atoms with Crippen LogP contribution in [0.5, 0.6) is 0 Å². The second-order valence-corrected chi connectivity index (χ2v) is 4.33. The highest BCUT2D eigenvalue weighted by atomic mass is 16.5. The van der Waals surface area contributed by atoms with Gasteiger partial charge in [-0.25, -0.2) is 4.79 Å². The number of carboxylic acids is 2. The average molecular weight is 242 g/mol. The molecule has 1 aliphatic carbocycles. The van der Waals surface area contributed by atoms with Crippen molar-refractivity contribution in [2.24, 2.45) is 5.92 Å². The Kier molecular flexibility index (Phi) is 4.15. The molecule has 5 heteroatoms. The van der Waals surface area contributed by atoms with Gasteiger partial charge >= 0.3 is 11.9 Å². The van der Waals surface area contributed by atoms with Gasteiger partial charge in [0.1, 0.15) is 5.92 Å². The lowest BCUT2D eigenvalue weighted by atomic mass is 9.75. The number of rotatable bonds is 5. The third-order valence-electron chi connectivity index (χ3n) is 3.23. The van der Waals surface area contributed by atoms with Crippen LogP contribution in [-0.2, 0) is 14.3 Å². The molecule has 0 spiro atoms. The van der Waals surface area contributed by atoms with E-state index in [2.05, 4.69) is 6.58 Å². The first kappa shape index (κ1) is 13.5. The highest BCUT2D eigenvalue weighted by Gasteiger charge is 2.53. The van der Waals surface area contributed by atoms with E-state index in [-0.39, 0.29) is 6.42 Å². The van der Waals surface area contributed by atoms with Crippen LogP contribution in [0, 0.1) is 5.92 Å². The predicted octanol–water partition coefficient (Wildman–Crippen LogP) is 2.02. The summed E-state index contributed by atoms with van der Waals surface area (Å²) in [7, 11) is 0. The summed E-state index contributed by atoms with van der Waals surface area (Å²) in [6, 6.07) is 0. The largest absolute Gasteiger partial charge is 0.481 e. The molecule has 5 nitrogen and oxygen atoms in total. The fraction of sp³-hybridized carbons (Fsp3) is 0.667. The molecule has 2 N–H and O–H groups in total. The first-order valence-corrected chi connectivity index (χ1v) is 5.77. The van der Waals surface area contributed by atoms with Crippen LogP contribution >= 0.6 is 0 Å². The molecule has 0 aromatic heterocycles. The van der Waals surface area contributed by atoms with Crippen molar-refractivity contribution in [3.05, 3.63) is 12.3 Å². The molecular weight excluding hydrogens is 224 g/mol. The monoisotopic (exact) mass is 242 g/mol. The summed E-state index contributed by atoms with van der Waals surface area (Å²) >= 11 is 0. The standard InChI is InChI=1S/C12H18O5/c1-3-8(2)17-12(11(15)16)7-5-4-6-9(12)10(13)14/h9H,2-7H2,1H3,(H,13,14)(H,15,16). The van der Waals surface area contributed by atoms with Crippen molar-refractivity contribution in [3.8, 4) is 0 Å². The van der Waals surface area contributed by atoms with Crippen LogP contribution in [0.2, 0.25) is 0 Å². The summed E-state index contributed by atoms with van der Waals surface area (Å²) in [5.74, 6) is -3.01. The molecule has 1 aliphatic rings. The number of carbonyl (C=O) groups is 2. The highest BCUT2D eigenvalue weighted by Crippen LogP contribution is 2.39. The van der Waals surface area contributed by atoms with Crippen LogP contribution in [0.4, 0.5) is 0 Å². The van der Waals surface area contributed by atoms with E-state index in [1.165, 1.54) is 0 Å². The third-order valence-corrected chi connectivity index (χ3v) is 3.23. The number of allylic oxidation sites excluding steroid dienone is 1. The molecule has 0 heterocycles. The molecule has 0 bridgehead atoms. The van der Waals surface area contributed by atoms with Crippen molar-refractivity contribution in [1.82, 2.24) is 0 Å². The van der Waals surface area contributed by atoms with Gasteiger partial charge in [0.15, 0.2) is 0 Å². The van der Waals surface area contributed by atoms with Crippen molar-refractivity contribution in [3.63, 3.8) is 0 Å². The summed E-state index contributed by atoms with van der Waals surface area (Å²) in [4.78, 5) is 22.6. The Hall–Kier alpha value is -1.52. The minimum Gasteiger partial charge on any atom is -0.481 e. The van der Waals surface area contributed by atoms with E-state index in [0.29, 0.717) is 31.4 Å². The van der Waals surface area contributed by atoms with Crippen LogP contribution < -0.4 is 0 Å². The Morgan fingerprint density at radius 3 is 2.53 bits per heavy atom. The average Bonchev–Trinajstić information content (AvgIpc) is 2.28. The van der Waals surface area contributed by atoms with Crippen molar-refractivity contribution in [2.75, 3.05) is 0 Å². The van der Waals surface area contributed by atoms with Gasteiger partial charge in [-0.2, -0.15) is 0 Å². The minimum atomic E-state index is -1.64. The topological polar surface area (TPSA) is 83.8 Å². The molecule has 0 saturated heterocycles. The van der Waals surface area contributed by atoms with Crippen molar-refractivity contribution in [2.45, 2.75) is 44.6 Å². The fourth-order valence-electron chi connectivity index (χ4n) is 2.22. The predicted molar refractivity (Wildman–Crippen MR) is 60.5 cm³/mol. The molecule has 17 heavy (non-hydrogen) atoms. The summed E-state index contributed by atoms with van der Waals surface area (Å²) in [6.45, 7) is 5.40. The number of hydrogen-bond acceptors (Lipinski definition) is 3. The maximum atomic E-state index is 11.4. The van der Waals surface area contributed by atoms with Crippen LogP contribution in [-0.4, -0.2) is 27.8 Å². The van der Waals surface area contributed by atoms with E-state index in [9.17, 15) is 14.7 Å².